The Morgan fingerprint density at radius 1 is 1.36 bits per heavy atom. The molecule has 0 spiro atoms. The topological polar surface area (TPSA) is 75.0 Å². The molecular formula is C17H28N6O2. The average molecular weight is 348 g/mol. The molecule has 1 aromatic rings. The molecule has 8 heteroatoms. The molecule has 8 nitrogen and oxygen atoms in total. The van der Waals surface area contributed by atoms with E-state index in [0.717, 1.165) is 63.6 Å². The first-order valence-corrected chi connectivity index (χ1v) is 9.02. The minimum Gasteiger partial charge on any atom is -0.368 e. The van der Waals surface area contributed by atoms with Gasteiger partial charge in [-0.3, -0.25) is 14.5 Å². The largest absolute Gasteiger partial charge is 0.368 e. The van der Waals surface area contributed by atoms with Crippen molar-refractivity contribution in [1.82, 2.24) is 24.9 Å². The minimum absolute atomic E-state index is 0.147. The van der Waals surface area contributed by atoms with Gasteiger partial charge in [0.1, 0.15) is 6.10 Å². The van der Waals surface area contributed by atoms with E-state index in [0.29, 0.717) is 6.61 Å². The van der Waals surface area contributed by atoms with Crippen molar-refractivity contribution >= 4 is 11.9 Å². The van der Waals surface area contributed by atoms with Crippen LogP contribution in [0.4, 0.5) is 0 Å². The Bertz CT molecular complexity index is 600. The van der Waals surface area contributed by atoms with E-state index in [1.165, 1.54) is 0 Å². The highest BCUT2D eigenvalue weighted by molar-refractivity contribution is 5.82. The van der Waals surface area contributed by atoms with Crippen molar-refractivity contribution in [2.24, 2.45) is 4.99 Å². The van der Waals surface area contributed by atoms with E-state index in [-0.39, 0.29) is 12.0 Å². The van der Waals surface area contributed by atoms with Gasteiger partial charge in [-0.05, 0) is 25.3 Å². The van der Waals surface area contributed by atoms with Gasteiger partial charge in [0.2, 0.25) is 0 Å². The second-order valence-corrected chi connectivity index (χ2v) is 6.57. The monoisotopic (exact) mass is 348 g/mol. The quantitative estimate of drug-likeness (QED) is 0.617. The summed E-state index contributed by atoms with van der Waals surface area (Å²) in [4.78, 5) is 20.9. The van der Waals surface area contributed by atoms with E-state index in [9.17, 15) is 4.79 Å². The van der Waals surface area contributed by atoms with Gasteiger partial charge in [0.15, 0.2) is 5.96 Å². The van der Waals surface area contributed by atoms with Gasteiger partial charge in [0.05, 0.1) is 12.7 Å². The number of piperazine rings is 1. The van der Waals surface area contributed by atoms with Crippen LogP contribution in [0.3, 0.4) is 0 Å². The highest BCUT2D eigenvalue weighted by Gasteiger charge is 2.30. The Morgan fingerprint density at radius 2 is 2.12 bits per heavy atom. The number of aromatic nitrogens is 2. The molecule has 0 aliphatic carbocycles. The van der Waals surface area contributed by atoms with Crippen molar-refractivity contribution in [1.29, 1.82) is 0 Å². The van der Waals surface area contributed by atoms with Crippen LogP contribution in [0.1, 0.15) is 18.4 Å². The first kappa shape index (κ1) is 17.7. The molecule has 0 aromatic carbocycles. The SMILES string of the molecule is CN=C(NCCn1cc(C)cn1)N1CCN(C(=O)C2CCCO2)CC1. The van der Waals surface area contributed by atoms with E-state index in [2.05, 4.69) is 20.3 Å². The number of aliphatic imine (C=N–C) groups is 1. The number of nitrogens with zero attached hydrogens (tertiary/aromatic N) is 5. The lowest BCUT2D eigenvalue weighted by molar-refractivity contribution is -0.142. The lowest BCUT2D eigenvalue weighted by atomic mass is 10.2. The van der Waals surface area contributed by atoms with E-state index in [4.69, 9.17) is 4.74 Å². The number of hydrogen-bond acceptors (Lipinski definition) is 4. The molecule has 1 N–H and O–H groups in total. The molecule has 1 amide bonds. The number of guanidine groups is 1. The van der Waals surface area contributed by atoms with Gasteiger partial charge in [0.25, 0.3) is 5.91 Å². The third kappa shape index (κ3) is 4.50. The van der Waals surface area contributed by atoms with Crippen LogP contribution in [-0.4, -0.2) is 83.9 Å². The van der Waals surface area contributed by atoms with Crippen molar-refractivity contribution in [2.75, 3.05) is 46.4 Å². The zero-order valence-electron chi connectivity index (χ0n) is 15.1. The van der Waals surface area contributed by atoms with E-state index >= 15 is 0 Å². The lowest BCUT2D eigenvalue weighted by Crippen LogP contribution is -2.55. The van der Waals surface area contributed by atoms with Crippen LogP contribution < -0.4 is 5.32 Å². The molecule has 2 aliphatic rings. The smallest absolute Gasteiger partial charge is 0.251 e. The van der Waals surface area contributed by atoms with Gasteiger partial charge in [-0.1, -0.05) is 0 Å². The molecule has 1 aromatic heterocycles. The van der Waals surface area contributed by atoms with Gasteiger partial charge < -0.3 is 19.9 Å². The molecular weight excluding hydrogens is 320 g/mol. The van der Waals surface area contributed by atoms with Crippen LogP contribution in [0.2, 0.25) is 0 Å². The summed E-state index contributed by atoms with van der Waals surface area (Å²) in [6.07, 6.45) is 5.51. The van der Waals surface area contributed by atoms with E-state index in [1.807, 2.05) is 28.9 Å². The zero-order valence-corrected chi connectivity index (χ0v) is 15.1. The van der Waals surface area contributed by atoms with Crippen LogP contribution in [0.25, 0.3) is 0 Å². The molecule has 1 atom stereocenters. The Kier molecular flexibility index (Phi) is 5.91. The average Bonchev–Trinajstić information content (AvgIpc) is 3.30. The predicted molar refractivity (Wildman–Crippen MR) is 95.5 cm³/mol. The molecule has 0 saturated carbocycles. The summed E-state index contributed by atoms with van der Waals surface area (Å²) in [6, 6.07) is 0. The van der Waals surface area contributed by atoms with Crippen LogP contribution in [0.15, 0.2) is 17.4 Å². The van der Waals surface area contributed by atoms with Crippen molar-refractivity contribution in [3.05, 3.63) is 18.0 Å². The van der Waals surface area contributed by atoms with Crippen LogP contribution in [0, 0.1) is 6.92 Å². The van der Waals surface area contributed by atoms with Gasteiger partial charge >= 0.3 is 0 Å². The van der Waals surface area contributed by atoms with E-state index < -0.39 is 0 Å². The molecule has 3 rings (SSSR count). The molecule has 2 saturated heterocycles. The first-order chi connectivity index (χ1) is 12.2. The van der Waals surface area contributed by atoms with Crippen LogP contribution in [-0.2, 0) is 16.1 Å². The van der Waals surface area contributed by atoms with Gasteiger partial charge in [-0.15, -0.1) is 0 Å². The third-order valence-electron chi connectivity index (χ3n) is 4.69. The maximum atomic E-state index is 12.4. The summed E-state index contributed by atoms with van der Waals surface area (Å²) in [5.74, 6) is 1.03. The maximum Gasteiger partial charge on any atom is 0.251 e. The summed E-state index contributed by atoms with van der Waals surface area (Å²) in [5, 5.41) is 7.67. The molecule has 0 bridgehead atoms. The predicted octanol–water partition coefficient (Wildman–Crippen LogP) is 0.0901. The molecule has 0 radical (unpaired) electrons. The summed E-state index contributed by atoms with van der Waals surface area (Å²) in [5.41, 5.74) is 1.16. The van der Waals surface area contributed by atoms with Gasteiger partial charge in [-0.2, -0.15) is 5.10 Å². The molecule has 25 heavy (non-hydrogen) atoms. The fourth-order valence-electron chi connectivity index (χ4n) is 3.32. The summed E-state index contributed by atoms with van der Waals surface area (Å²) in [6.45, 7) is 7.33. The third-order valence-corrected chi connectivity index (χ3v) is 4.69. The number of amides is 1. The van der Waals surface area contributed by atoms with Gasteiger partial charge in [0, 0.05) is 52.6 Å². The van der Waals surface area contributed by atoms with Crippen molar-refractivity contribution in [3.8, 4) is 0 Å². The van der Waals surface area contributed by atoms with Crippen LogP contribution in [0.5, 0.6) is 0 Å². The van der Waals surface area contributed by atoms with Crippen molar-refractivity contribution in [3.63, 3.8) is 0 Å². The molecule has 2 aliphatic heterocycles. The highest BCUT2D eigenvalue weighted by Crippen LogP contribution is 2.16. The summed E-state index contributed by atoms with van der Waals surface area (Å²) < 4.78 is 7.44. The normalized spacial score (nSPS) is 21.7. The van der Waals surface area contributed by atoms with E-state index in [1.54, 1.807) is 7.05 Å². The number of rotatable bonds is 4. The Balaban J connectivity index is 1.43. The fraction of sp³-hybridized carbons (Fsp3) is 0.706. The second kappa shape index (κ2) is 8.33. The molecule has 2 fully saturated rings. The second-order valence-electron chi connectivity index (χ2n) is 6.57. The van der Waals surface area contributed by atoms with Gasteiger partial charge in [-0.25, -0.2) is 0 Å². The Labute approximate surface area is 148 Å². The maximum absolute atomic E-state index is 12.4. The summed E-state index contributed by atoms with van der Waals surface area (Å²) >= 11 is 0. The highest BCUT2D eigenvalue weighted by atomic mass is 16.5. The Morgan fingerprint density at radius 3 is 2.72 bits per heavy atom. The van der Waals surface area contributed by atoms with Crippen molar-refractivity contribution < 1.29 is 9.53 Å². The molecule has 138 valence electrons. The number of nitrogens with one attached hydrogen (secondary N) is 1. The number of carbonyl (C=O) groups excluding carboxylic acids is 1. The standard InChI is InChI=1S/C17H28N6O2/c1-14-12-20-23(13-14)6-5-19-17(18-2)22-9-7-21(8-10-22)16(24)15-4-3-11-25-15/h12-13,15H,3-11H2,1-2H3,(H,18,19). The number of aryl methyl sites for hydroxylation is 1. The number of carbonyl (C=O) groups is 1. The van der Waals surface area contributed by atoms with Crippen molar-refractivity contribution in [2.45, 2.75) is 32.4 Å². The van der Waals surface area contributed by atoms with Crippen LogP contribution >= 0.6 is 0 Å². The minimum atomic E-state index is -0.221. The first-order valence-electron chi connectivity index (χ1n) is 9.02. The summed E-state index contributed by atoms with van der Waals surface area (Å²) in [7, 11) is 1.80. The zero-order chi connectivity index (χ0) is 17.6. The number of hydrogen-bond donors (Lipinski definition) is 1. The molecule has 3 heterocycles. The number of ether oxygens (including phenoxy) is 1. The lowest BCUT2D eigenvalue weighted by Gasteiger charge is -2.37. The Hall–Kier alpha value is -2.09. The molecule has 1 unspecified atom stereocenters. The fourth-order valence-corrected chi connectivity index (χ4v) is 3.32.